The average molecular weight is 532 g/mol. The van der Waals surface area contributed by atoms with E-state index in [9.17, 15) is 39.6 Å². The summed E-state index contributed by atoms with van der Waals surface area (Å²) in [6.45, 7) is -0.00674. The number of carbonyl (C=O) groups excluding carboxylic acids is 1. The molecule has 0 bridgehead atoms. The molecule has 2 aliphatic rings. The van der Waals surface area contributed by atoms with Crippen LogP contribution in [-0.4, -0.2) is 55.5 Å². The Kier molecular flexibility index (Phi) is 6.38. The number of amides is 1. The van der Waals surface area contributed by atoms with Crippen molar-refractivity contribution in [1.29, 1.82) is 0 Å². The van der Waals surface area contributed by atoms with Crippen molar-refractivity contribution in [2.75, 3.05) is 36.0 Å². The van der Waals surface area contributed by atoms with E-state index in [2.05, 4.69) is 9.68 Å². The Balaban J connectivity index is 1.60. The van der Waals surface area contributed by atoms with E-state index in [0.29, 0.717) is 17.4 Å². The summed E-state index contributed by atoms with van der Waals surface area (Å²) in [4.78, 5) is 15.4. The van der Waals surface area contributed by atoms with Crippen molar-refractivity contribution in [3.8, 4) is 0 Å². The molecule has 15 heteroatoms. The van der Waals surface area contributed by atoms with Crippen molar-refractivity contribution in [2.24, 2.45) is 5.92 Å². The lowest BCUT2D eigenvalue weighted by atomic mass is 9.98. The zero-order chi connectivity index (χ0) is 24.9. The Morgan fingerprint density at radius 2 is 1.74 bits per heavy atom. The summed E-state index contributed by atoms with van der Waals surface area (Å²) < 4.78 is 106. The highest BCUT2D eigenvalue weighted by Crippen LogP contribution is 2.40. The van der Waals surface area contributed by atoms with Gasteiger partial charge in [-0.05, 0) is 25.0 Å². The summed E-state index contributed by atoms with van der Waals surface area (Å²) in [5.41, 5.74) is 0. The summed E-state index contributed by atoms with van der Waals surface area (Å²) in [5, 5.41) is 3.44. The Bertz CT molecular complexity index is 1140. The highest BCUT2D eigenvalue weighted by Gasteiger charge is 2.41. The Morgan fingerprint density at radius 1 is 1.06 bits per heavy atom. The number of hydrogen-bond acceptors (Lipinski definition) is 7. The Labute approximate surface area is 194 Å². The first-order valence-electron chi connectivity index (χ1n) is 10.2. The van der Waals surface area contributed by atoms with E-state index in [1.807, 2.05) is 0 Å². The van der Waals surface area contributed by atoms with E-state index < -0.39 is 44.8 Å². The zero-order valence-electron chi connectivity index (χ0n) is 17.4. The third-order valence-corrected chi connectivity index (χ3v) is 8.85. The minimum Gasteiger partial charge on any atom is -0.350 e. The van der Waals surface area contributed by atoms with Crippen LogP contribution in [0.4, 0.5) is 32.2 Å². The molecule has 0 aliphatic carbocycles. The van der Waals surface area contributed by atoms with Crippen LogP contribution < -0.4 is 4.90 Å². The molecule has 188 valence electrons. The maximum atomic E-state index is 13.2. The van der Waals surface area contributed by atoms with Crippen molar-refractivity contribution in [2.45, 2.75) is 31.2 Å². The van der Waals surface area contributed by atoms with Gasteiger partial charge in [-0.25, -0.2) is 8.42 Å². The minimum absolute atomic E-state index is 0.0141. The number of sulfone groups is 1. The summed E-state index contributed by atoms with van der Waals surface area (Å²) in [6, 6.07) is 1.96. The zero-order valence-corrected chi connectivity index (χ0v) is 19.0. The number of nitrogens with zero attached hydrogens (tertiary/aromatic N) is 3. The largest absolute Gasteiger partial charge is 0.452 e. The van der Waals surface area contributed by atoms with Crippen molar-refractivity contribution in [3.05, 3.63) is 33.7 Å². The Morgan fingerprint density at radius 3 is 2.29 bits per heavy atom. The molecule has 2 saturated heterocycles. The van der Waals surface area contributed by atoms with E-state index >= 15 is 0 Å². The van der Waals surface area contributed by atoms with Crippen LogP contribution in [0.1, 0.15) is 34.4 Å². The molecular formula is C19H19F6N3O4S2. The third kappa shape index (κ3) is 5.19. The van der Waals surface area contributed by atoms with Crippen LogP contribution >= 0.6 is 11.3 Å². The van der Waals surface area contributed by atoms with Crippen LogP contribution in [-0.2, 0) is 27.0 Å². The van der Waals surface area contributed by atoms with Crippen molar-refractivity contribution in [1.82, 2.24) is 10.1 Å². The molecule has 2 aliphatic heterocycles. The van der Waals surface area contributed by atoms with Crippen LogP contribution in [0.2, 0.25) is 0 Å². The van der Waals surface area contributed by atoms with Crippen LogP contribution in [0.3, 0.4) is 0 Å². The number of halogens is 6. The SMILES string of the molecule is O=C(C1CCS(=O)(=O)CC1)N1CCN(c2cc(C(F)(F)F)on2)CC1c1ccc(C(F)(F)F)s1. The number of aromatic nitrogens is 1. The molecule has 1 atom stereocenters. The number of thiophene rings is 1. The number of anilines is 1. The monoisotopic (exact) mass is 531 g/mol. The topological polar surface area (TPSA) is 83.7 Å². The molecule has 1 amide bonds. The molecule has 2 fully saturated rings. The van der Waals surface area contributed by atoms with Gasteiger partial charge in [-0.3, -0.25) is 4.79 Å². The standard InChI is InChI=1S/C19H19F6N3O4S2/c20-18(21,22)14-9-16(26-32-14)27-5-6-28(17(29)11-3-7-34(30,31)8-4-11)12(10-27)13-1-2-15(33-13)19(23,24)25/h1-2,9,11-12H,3-8,10H2. The van der Waals surface area contributed by atoms with E-state index in [0.717, 1.165) is 6.07 Å². The van der Waals surface area contributed by atoms with Gasteiger partial charge in [0.1, 0.15) is 14.7 Å². The number of carbonyl (C=O) groups is 1. The summed E-state index contributed by atoms with van der Waals surface area (Å²) in [7, 11) is -3.23. The lowest BCUT2D eigenvalue weighted by Gasteiger charge is -2.42. The maximum Gasteiger partial charge on any atom is 0.452 e. The first-order chi connectivity index (χ1) is 15.7. The second kappa shape index (κ2) is 8.73. The Hall–Kier alpha value is -2.29. The van der Waals surface area contributed by atoms with Gasteiger partial charge in [-0.2, -0.15) is 26.3 Å². The van der Waals surface area contributed by atoms with Crippen molar-refractivity contribution >= 4 is 32.9 Å². The molecule has 0 radical (unpaired) electrons. The van der Waals surface area contributed by atoms with Crippen LogP contribution in [0, 0.1) is 5.92 Å². The minimum atomic E-state index is -4.75. The first-order valence-corrected chi connectivity index (χ1v) is 12.8. The van der Waals surface area contributed by atoms with Crippen LogP contribution in [0.5, 0.6) is 0 Å². The molecule has 2 aromatic rings. The number of alkyl halides is 6. The average Bonchev–Trinajstić information content (AvgIpc) is 3.42. The lowest BCUT2D eigenvalue weighted by Crippen LogP contribution is -2.52. The molecule has 0 saturated carbocycles. The fraction of sp³-hybridized carbons (Fsp3) is 0.579. The third-order valence-electron chi connectivity index (χ3n) is 5.90. The molecule has 34 heavy (non-hydrogen) atoms. The van der Waals surface area contributed by atoms with Gasteiger partial charge in [0, 0.05) is 36.5 Å². The summed E-state index contributed by atoms with van der Waals surface area (Å²) in [6.07, 6.45) is -9.11. The van der Waals surface area contributed by atoms with Gasteiger partial charge in [0.2, 0.25) is 11.7 Å². The number of piperazine rings is 1. The lowest BCUT2D eigenvalue weighted by molar-refractivity contribution is -0.155. The van der Waals surface area contributed by atoms with Gasteiger partial charge in [0.15, 0.2) is 5.82 Å². The van der Waals surface area contributed by atoms with Crippen LogP contribution in [0.15, 0.2) is 22.7 Å². The molecule has 4 heterocycles. The van der Waals surface area contributed by atoms with Gasteiger partial charge in [-0.1, -0.05) is 5.16 Å². The maximum absolute atomic E-state index is 13.2. The van der Waals surface area contributed by atoms with E-state index in [-0.39, 0.29) is 60.6 Å². The molecule has 2 aromatic heterocycles. The molecule has 0 aromatic carbocycles. The fourth-order valence-electron chi connectivity index (χ4n) is 4.10. The molecule has 1 unspecified atom stereocenters. The molecular weight excluding hydrogens is 512 g/mol. The van der Waals surface area contributed by atoms with Crippen molar-refractivity contribution in [3.63, 3.8) is 0 Å². The normalized spacial score (nSPS) is 22.2. The molecule has 4 rings (SSSR count). The van der Waals surface area contributed by atoms with Gasteiger partial charge >= 0.3 is 12.4 Å². The molecule has 0 N–H and O–H groups in total. The van der Waals surface area contributed by atoms with Gasteiger partial charge in [-0.15, -0.1) is 11.3 Å². The first kappa shape index (κ1) is 24.8. The van der Waals surface area contributed by atoms with Gasteiger partial charge in [0.05, 0.1) is 17.5 Å². The van der Waals surface area contributed by atoms with E-state index in [1.54, 1.807) is 0 Å². The second-order valence-electron chi connectivity index (χ2n) is 8.17. The predicted molar refractivity (Wildman–Crippen MR) is 109 cm³/mol. The molecule has 0 spiro atoms. The summed E-state index contributed by atoms with van der Waals surface area (Å²) >= 11 is 0.455. The highest BCUT2D eigenvalue weighted by atomic mass is 32.2. The second-order valence-corrected chi connectivity index (χ2v) is 11.6. The summed E-state index contributed by atoms with van der Waals surface area (Å²) in [5.74, 6) is -2.71. The predicted octanol–water partition coefficient (Wildman–Crippen LogP) is 3.99. The van der Waals surface area contributed by atoms with E-state index in [1.165, 1.54) is 15.9 Å². The smallest absolute Gasteiger partial charge is 0.350 e. The van der Waals surface area contributed by atoms with Gasteiger partial charge < -0.3 is 14.3 Å². The number of rotatable bonds is 3. The van der Waals surface area contributed by atoms with E-state index in [4.69, 9.17) is 0 Å². The van der Waals surface area contributed by atoms with Crippen LogP contribution in [0.25, 0.3) is 0 Å². The number of hydrogen-bond donors (Lipinski definition) is 0. The van der Waals surface area contributed by atoms with Crippen molar-refractivity contribution < 1.29 is 44.1 Å². The fourth-order valence-corrected chi connectivity index (χ4v) is 6.57. The quantitative estimate of drug-likeness (QED) is 0.558. The molecule has 7 nitrogen and oxygen atoms in total. The van der Waals surface area contributed by atoms with Gasteiger partial charge in [0.25, 0.3) is 0 Å². The highest BCUT2D eigenvalue weighted by molar-refractivity contribution is 7.91.